The molecule has 4 rings (SSSR count). The molecule has 1 atom stereocenters. The Morgan fingerprint density at radius 3 is 2.33 bits per heavy atom. The molecular weight excluding hydrogens is 354 g/mol. The molecule has 142 valence electrons. The van der Waals surface area contributed by atoms with E-state index in [0.717, 1.165) is 43.7 Å². The van der Waals surface area contributed by atoms with Crippen molar-refractivity contribution < 1.29 is 9.53 Å². The number of carbonyl (C=O) groups excluding carboxylic acids is 1. The molecular formula is C23H27NO2S. The predicted molar refractivity (Wildman–Crippen MR) is 111 cm³/mol. The average molecular weight is 382 g/mol. The van der Waals surface area contributed by atoms with E-state index in [4.69, 9.17) is 4.74 Å². The number of thioether (sulfide) groups is 1. The minimum absolute atomic E-state index is 0.298. The average Bonchev–Trinajstić information content (AvgIpc) is 3.01. The fraction of sp³-hybridized carbons (Fsp3) is 0.435. The maximum absolute atomic E-state index is 13.7. The summed E-state index contributed by atoms with van der Waals surface area (Å²) >= 11 is 1.98. The van der Waals surface area contributed by atoms with Crippen molar-refractivity contribution in [2.75, 3.05) is 32.1 Å². The monoisotopic (exact) mass is 381 g/mol. The second kappa shape index (κ2) is 8.49. The Morgan fingerprint density at radius 1 is 0.963 bits per heavy atom. The van der Waals surface area contributed by atoms with Crippen molar-refractivity contribution in [3.63, 3.8) is 0 Å². The molecule has 0 saturated carbocycles. The van der Waals surface area contributed by atoms with Crippen molar-refractivity contribution in [2.45, 2.75) is 29.9 Å². The van der Waals surface area contributed by atoms with Crippen LogP contribution in [0.15, 0.2) is 60.7 Å². The summed E-state index contributed by atoms with van der Waals surface area (Å²) in [4.78, 5) is 15.9. The SMILES string of the molecule is O=C(N1CCSC(c2ccccc2)CC1)C1(c2ccccc2)CCOCC1. The number of hydrogen-bond donors (Lipinski definition) is 0. The Hall–Kier alpha value is -1.78. The highest BCUT2D eigenvalue weighted by Crippen LogP contribution is 2.39. The van der Waals surface area contributed by atoms with E-state index in [1.165, 1.54) is 5.56 Å². The molecule has 2 aromatic rings. The van der Waals surface area contributed by atoms with Crippen LogP contribution in [0, 0.1) is 0 Å². The molecule has 0 radical (unpaired) electrons. The van der Waals surface area contributed by atoms with E-state index in [-0.39, 0.29) is 0 Å². The molecule has 1 unspecified atom stereocenters. The zero-order chi connectivity index (χ0) is 18.5. The summed E-state index contributed by atoms with van der Waals surface area (Å²) in [6.07, 6.45) is 2.57. The van der Waals surface area contributed by atoms with Gasteiger partial charge < -0.3 is 9.64 Å². The lowest BCUT2D eigenvalue weighted by molar-refractivity contribution is -0.141. The van der Waals surface area contributed by atoms with Crippen LogP contribution in [0.5, 0.6) is 0 Å². The first-order chi connectivity index (χ1) is 13.3. The van der Waals surface area contributed by atoms with Gasteiger partial charge in [0.2, 0.25) is 5.91 Å². The molecule has 2 saturated heterocycles. The maximum atomic E-state index is 13.7. The highest BCUT2D eigenvalue weighted by Gasteiger charge is 2.44. The number of benzene rings is 2. The second-order valence-corrected chi connectivity index (χ2v) is 8.72. The molecule has 4 heteroatoms. The number of ether oxygens (including phenoxy) is 1. The van der Waals surface area contributed by atoms with Crippen LogP contribution in [-0.2, 0) is 14.9 Å². The van der Waals surface area contributed by atoms with E-state index < -0.39 is 5.41 Å². The van der Waals surface area contributed by atoms with E-state index in [2.05, 4.69) is 47.4 Å². The summed E-state index contributed by atoms with van der Waals surface area (Å²) in [5, 5.41) is 0.478. The standard InChI is InChI=1S/C23H27NO2S/c25-22(23(12-16-26-17-13-23)20-9-5-2-6-10-20)24-14-11-21(27-18-15-24)19-7-3-1-4-8-19/h1-10,21H,11-18H2. The second-order valence-electron chi connectivity index (χ2n) is 7.41. The molecule has 0 aromatic heterocycles. The van der Waals surface area contributed by atoms with Gasteiger partial charge in [0.25, 0.3) is 0 Å². The summed E-state index contributed by atoms with van der Waals surface area (Å²) in [6, 6.07) is 21.0. The molecule has 0 bridgehead atoms. The van der Waals surface area contributed by atoms with Crippen LogP contribution in [0.2, 0.25) is 0 Å². The van der Waals surface area contributed by atoms with Crippen molar-refractivity contribution in [3.8, 4) is 0 Å². The third-order valence-corrected chi connectivity index (χ3v) is 7.21. The molecule has 27 heavy (non-hydrogen) atoms. The molecule has 2 aliphatic heterocycles. The van der Waals surface area contributed by atoms with Crippen molar-refractivity contribution in [3.05, 3.63) is 71.8 Å². The van der Waals surface area contributed by atoms with Crippen LogP contribution < -0.4 is 0 Å². The first kappa shape index (κ1) is 18.6. The Morgan fingerprint density at radius 2 is 1.63 bits per heavy atom. The van der Waals surface area contributed by atoms with Gasteiger partial charge in [-0.15, -0.1) is 0 Å². The van der Waals surface area contributed by atoms with E-state index in [1.54, 1.807) is 0 Å². The minimum atomic E-state index is -0.420. The molecule has 2 heterocycles. The first-order valence-corrected chi connectivity index (χ1v) is 10.9. The Kier molecular flexibility index (Phi) is 5.84. The Bertz CT molecular complexity index is 743. The molecule has 1 amide bonds. The predicted octanol–water partition coefficient (Wildman–Crippen LogP) is 4.44. The topological polar surface area (TPSA) is 29.5 Å². The van der Waals surface area contributed by atoms with Gasteiger partial charge in [0.15, 0.2) is 0 Å². The smallest absolute Gasteiger partial charge is 0.233 e. The van der Waals surface area contributed by atoms with Gasteiger partial charge in [-0.25, -0.2) is 0 Å². The van der Waals surface area contributed by atoms with Crippen molar-refractivity contribution >= 4 is 17.7 Å². The molecule has 2 aromatic carbocycles. The van der Waals surface area contributed by atoms with Gasteiger partial charge in [-0.3, -0.25) is 4.79 Å². The third-order valence-electron chi connectivity index (χ3n) is 5.88. The number of hydrogen-bond acceptors (Lipinski definition) is 3. The quantitative estimate of drug-likeness (QED) is 0.787. The van der Waals surface area contributed by atoms with E-state index in [9.17, 15) is 4.79 Å². The Labute approximate surface area is 166 Å². The van der Waals surface area contributed by atoms with Gasteiger partial charge >= 0.3 is 0 Å². The molecule has 3 nitrogen and oxygen atoms in total. The van der Waals surface area contributed by atoms with Crippen LogP contribution in [0.3, 0.4) is 0 Å². The summed E-state index contributed by atoms with van der Waals surface area (Å²) < 4.78 is 5.61. The summed E-state index contributed by atoms with van der Waals surface area (Å²) in [5.74, 6) is 1.29. The summed E-state index contributed by atoms with van der Waals surface area (Å²) in [6.45, 7) is 2.99. The van der Waals surface area contributed by atoms with E-state index >= 15 is 0 Å². The normalized spacial score (nSPS) is 22.8. The van der Waals surface area contributed by atoms with Gasteiger partial charge in [0.05, 0.1) is 5.41 Å². The Balaban J connectivity index is 1.54. The van der Waals surface area contributed by atoms with Gasteiger partial charge in [-0.05, 0) is 30.4 Å². The molecule has 2 fully saturated rings. The summed E-state index contributed by atoms with van der Waals surface area (Å²) in [5.41, 5.74) is 2.10. The van der Waals surface area contributed by atoms with Gasteiger partial charge in [-0.2, -0.15) is 11.8 Å². The lowest BCUT2D eigenvalue weighted by Crippen LogP contribution is -2.50. The van der Waals surface area contributed by atoms with Gasteiger partial charge in [0, 0.05) is 37.3 Å². The van der Waals surface area contributed by atoms with E-state index in [0.29, 0.717) is 24.4 Å². The van der Waals surface area contributed by atoms with Crippen LogP contribution in [-0.4, -0.2) is 42.9 Å². The lowest BCUT2D eigenvalue weighted by atomic mass is 9.73. The number of nitrogens with zero attached hydrogens (tertiary/aromatic N) is 1. The molecule has 0 spiro atoms. The molecule has 0 N–H and O–H groups in total. The van der Waals surface area contributed by atoms with Crippen LogP contribution in [0.4, 0.5) is 0 Å². The molecule has 0 aliphatic carbocycles. The van der Waals surface area contributed by atoms with Gasteiger partial charge in [0.1, 0.15) is 0 Å². The fourth-order valence-electron chi connectivity index (χ4n) is 4.31. The molecule has 2 aliphatic rings. The van der Waals surface area contributed by atoms with Gasteiger partial charge in [-0.1, -0.05) is 60.7 Å². The lowest BCUT2D eigenvalue weighted by Gasteiger charge is -2.40. The van der Waals surface area contributed by atoms with Crippen molar-refractivity contribution in [1.29, 1.82) is 0 Å². The maximum Gasteiger partial charge on any atom is 0.233 e. The van der Waals surface area contributed by atoms with Crippen LogP contribution >= 0.6 is 11.8 Å². The van der Waals surface area contributed by atoms with Crippen molar-refractivity contribution in [1.82, 2.24) is 4.90 Å². The minimum Gasteiger partial charge on any atom is -0.381 e. The number of rotatable bonds is 3. The highest BCUT2D eigenvalue weighted by atomic mass is 32.2. The largest absolute Gasteiger partial charge is 0.381 e. The third kappa shape index (κ3) is 3.92. The van der Waals surface area contributed by atoms with Crippen molar-refractivity contribution in [2.24, 2.45) is 0 Å². The van der Waals surface area contributed by atoms with Crippen LogP contribution in [0.25, 0.3) is 0 Å². The number of amides is 1. The first-order valence-electron chi connectivity index (χ1n) is 9.89. The summed E-state index contributed by atoms with van der Waals surface area (Å²) in [7, 11) is 0. The number of carbonyl (C=O) groups is 1. The zero-order valence-corrected chi connectivity index (χ0v) is 16.5. The zero-order valence-electron chi connectivity index (χ0n) is 15.7. The van der Waals surface area contributed by atoms with Crippen LogP contribution in [0.1, 0.15) is 35.6 Å². The fourth-order valence-corrected chi connectivity index (χ4v) is 5.54. The van der Waals surface area contributed by atoms with E-state index in [1.807, 2.05) is 30.0 Å². The highest BCUT2D eigenvalue weighted by molar-refractivity contribution is 7.99.